The largest absolute Gasteiger partial charge is 0.370 e. The Balaban J connectivity index is 1.85. The van der Waals surface area contributed by atoms with Crippen LogP contribution < -0.4 is 16.4 Å². The molecule has 15 heavy (non-hydrogen) atoms. The first-order chi connectivity index (χ1) is 7.18. The molecule has 0 aromatic carbocycles. The predicted molar refractivity (Wildman–Crippen MR) is 54.0 cm³/mol. The number of rotatable bonds is 8. The summed E-state index contributed by atoms with van der Waals surface area (Å²) in [7, 11) is 0. The van der Waals surface area contributed by atoms with Crippen LogP contribution in [-0.2, 0) is 14.3 Å². The topological polar surface area (TPSA) is 93.5 Å². The number of carbonyl (C=O) groups is 2. The van der Waals surface area contributed by atoms with Gasteiger partial charge in [0.2, 0.25) is 11.8 Å². The lowest BCUT2D eigenvalue weighted by Crippen LogP contribution is -2.36. The van der Waals surface area contributed by atoms with Gasteiger partial charge in [0.25, 0.3) is 0 Å². The molecule has 0 aliphatic heterocycles. The summed E-state index contributed by atoms with van der Waals surface area (Å²) in [6.45, 7) is 0.952. The Morgan fingerprint density at radius 2 is 2.13 bits per heavy atom. The van der Waals surface area contributed by atoms with Gasteiger partial charge in [-0.15, -0.1) is 0 Å². The second-order valence-corrected chi connectivity index (χ2v) is 3.52. The van der Waals surface area contributed by atoms with E-state index in [4.69, 9.17) is 10.5 Å². The molecule has 2 amide bonds. The van der Waals surface area contributed by atoms with Gasteiger partial charge in [0.1, 0.15) is 6.61 Å². The molecule has 1 aliphatic rings. The molecule has 6 nitrogen and oxygen atoms in total. The van der Waals surface area contributed by atoms with Crippen molar-refractivity contribution in [3.63, 3.8) is 0 Å². The zero-order chi connectivity index (χ0) is 11.1. The van der Waals surface area contributed by atoms with Crippen LogP contribution in [0.4, 0.5) is 0 Å². The number of nitrogens with one attached hydrogen (secondary N) is 2. The van der Waals surface area contributed by atoms with Gasteiger partial charge in [-0.1, -0.05) is 0 Å². The standard InChI is InChI=1S/C9H17N3O3/c10-8(13)6-15-4-3-11-9(14)5-12-7-1-2-7/h7,12H,1-6H2,(H2,10,13)(H,11,14). The molecule has 1 rings (SSSR count). The van der Waals surface area contributed by atoms with Crippen molar-refractivity contribution in [1.82, 2.24) is 10.6 Å². The Morgan fingerprint density at radius 3 is 2.73 bits per heavy atom. The maximum absolute atomic E-state index is 11.2. The molecule has 1 aliphatic carbocycles. The Kier molecular flexibility index (Phi) is 5.06. The maximum atomic E-state index is 11.2. The molecule has 1 saturated carbocycles. The molecular weight excluding hydrogens is 198 g/mol. The summed E-state index contributed by atoms with van der Waals surface area (Å²) in [5.74, 6) is -0.554. The molecule has 0 heterocycles. The summed E-state index contributed by atoms with van der Waals surface area (Å²) >= 11 is 0. The summed E-state index contributed by atoms with van der Waals surface area (Å²) < 4.78 is 4.87. The quantitative estimate of drug-likeness (QED) is 0.423. The van der Waals surface area contributed by atoms with Crippen LogP contribution in [0.5, 0.6) is 0 Å². The number of ether oxygens (including phenoxy) is 1. The summed E-state index contributed by atoms with van der Waals surface area (Å²) in [5, 5.41) is 5.75. The van der Waals surface area contributed by atoms with E-state index in [-0.39, 0.29) is 12.5 Å². The van der Waals surface area contributed by atoms with Crippen molar-refractivity contribution in [2.45, 2.75) is 18.9 Å². The van der Waals surface area contributed by atoms with Crippen LogP contribution in [0.15, 0.2) is 0 Å². The summed E-state index contributed by atoms with van der Waals surface area (Å²) in [5.41, 5.74) is 4.86. The molecule has 0 radical (unpaired) electrons. The molecule has 0 aromatic heterocycles. The van der Waals surface area contributed by atoms with Gasteiger partial charge in [0.05, 0.1) is 13.2 Å². The average Bonchev–Trinajstić information content (AvgIpc) is 2.97. The number of hydrogen-bond acceptors (Lipinski definition) is 4. The molecular formula is C9H17N3O3. The Morgan fingerprint density at radius 1 is 1.40 bits per heavy atom. The van der Waals surface area contributed by atoms with Crippen molar-refractivity contribution in [3.8, 4) is 0 Å². The first-order valence-electron chi connectivity index (χ1n) is 5.04. The number of hydrogen-bond donors (Lipinski definition) is 3. The van der Waals surface area contributed by atoms with E-state index in [1.807, 2.05) is 0 Å². The number of amides is 2. The van der Waals surface area contributed by atoms with Crippen molar-refractivity contribution < 1.29 is 14.3 Å². The fourth-order valence-electron chi connectivity index (χ4n) is 1.02. The van der Waals surface area contributed by atoms with E-state index in [9.17, 15) is 9.59 Å². The first-order valence-corrected chi connectivity index (χ1v) is 5.04. The van der Waals surface area contributed by atoms with Gasteiger partial charge in [-0.2, -0.15) is 0 Å². The maximum Gasteiger partial charge on any atom is 0.243 e. The number of carbonyl (C=O) groups excluding carboxylic acids is 2. The van der Waals surface area contributed by atoms with E-state index in [0.717, 1.165) is 12.8 Å². The minimum absolute atomic E-state index is 0.0513. The molecule has 0 saturated heterocycles. The zero-order valence-electron chi connectivity index (χ0n) is 8.62. The molecule has 0 aromatic rings. The van der Waals surface area contributed by atoms with Crippen LogP contribution in [0, 0.1) is 0 Å². The molecule has 1 fully saturated rings. The van der Waals surface area contributed by atoms with Crippen molar-refractivity contribution in [1.29, 1.82) is 0 Å². The van der Waals surface area contributed by atoms with E-state index < -0.39 is 5.91 Å². The van der Waals surface area contributed by atoms with Crippen LogP contribution in [0.3, 0.4) is 0 Å². The Labute approximate surface area is 88.5 Å². The highest BCUT2D eigenvalue weighted by Crippen LogP contribution is 2.17. The van der Waals surface area contributed by atoms with Gasteiger partial charge in [-0.25, -0.2) is 0 Å². The van der Waals surface area contributed by atoms with Crippen LogP contribution in [0.2, 0.25) is 0 Å². The highest BCUT2D eigenvalue weighted by Gasteiger charge is 2.20. The SMILES string of the molecule is NC(=O)COCCNC(=O)CNC1CC1. The van der Waals surface area contributed by atoms with E-state index >= 15 is 0 Å². The second-order valence-electron chi connectivity index (χ2n) is 3.52. The third-order valence-electron chi connectivity index (χ3n) is 1.94. The molecule has 4 N–H and O–H groups in total. The summed E-state index contributed by atoms with van der Waals surface area (Å²) in [6, 6.07) is 0.530. The van der Waals surface area contributed by atoms with Crippen molar-refractivity contribution in [2.75, 3.05) is 26.3 Å². The summed E-state index contributed by atoms with van der Waals surface area (Å²) in [4.78, 5) is 21.4. The van der Waals surface area contributed by atoms with Crippen LogP contribution in [0.1, 0.15) is 12.8 Å². The highest BCUT2D eigenvalue weighted by atomic mass is 16.5. The minimum Gasteiger partial charge on any atom is -0.370 e. The molecule has 86 valence electrons. The minimum atomic E-state index is -0.503. The fourth-order valence-corrected chi connectivity index (χ4v) is 1.02. The van der Waals surface area contributed by atoms with Crippen LogP contribution in [-0.4, -0.2) is 44.2 Å². The second kappa shape index (κ2) is 6.36. The third-order valence-corrected chi connectivity index (χ3v) is 1.94. The van der Waals surface area contributed by atoms with Crippen molar-refractivity contribution in [2.24, 2.45) is 5.73 Å². The third kappa shape index (κ3) is 6.87. The fraction of sp³-hybridized carbons (Fsp3) is 0.778. The Hall–Kier alpha value is -1.14. The van der Waals surface area contributed by atoms with Crippen LogP contribution in [0.25, 0.3) is 0 Å². The molecule has 0 spiro atoms. The highest BCUT2D eigenvalue weighted by molar-refractivity contribution is 5.78. The Bertz CT molecular complexity index is 229. The van der Waals surface area contributed by atoms with E-state index in [1.165, 1.54) is 0 Å². The zero-order valence-corrected chi connectivity index (χ0v) is 8.62. The number of primary amides is 1. The lowest BCUT2D eigenvalue weighted by molar-refractivity contribution is -0.122. The van der Waals surface area contributed by atoms with Gasteiger partial charge >= 0.3 is 0 Å². The van der Waals surface area contributed by atoms with Crippen molar-refractivity contribution in [3.05, 3.63) is 0 Å². The normalized spacial score (nSPS) is 14.9. The van der Waals surface area contributed by atoms with E-state index in [2.05, 4.69) is 10.6 Å². The summed E-state index contributed by atoms with van der Waals surface area (Å²) in [6.07, 6.45) is 2.32. The van der Waals surface area contributed by atoms with Gasteiger partial charge in [-0.05, 0) is 12.8 Å². The van der Waals surface area contributed by atoms with E-state index in [1.54, 1.807) is 0 Å². The molecule has 6 heteroatoms. The lowest BCUT2D eigenvalue weighted by Gasteiger charge is -2.05. The molecule has 0 unspecified atom stereocenters. The van der Waals surface area contributed by atoms with Gasteiger partial charge in [0.15, 0.2) is 0 Å². The van der Waals surface area contributed by atoms with Gasteiger partial charge in [0, 0.05) is 12.6 Å². The lowest BCUT2D eigenvalue weighted by atomic mass is 10.5. The smallest absolute Gasteiger partial charge is 0.243 e. The van der Waals surface area contributed by atoms with E-state index in [0.29, 0.717) is 25.7 Å². The first kappa shape index (κ1) is 11.9. The number of nitrogens with two attached hydrogens (primary N) is 1. The van der Waals surface area contributed by atoms with Gasteiger partial charge in [-0.3, -0.25) is 9.59 Å². The monoisotopic (exact) mass is 215 g/mol. The van der Waals surface area contributed by atoms with Gasteiger partial charge < -0.3 is 21.1 Å². The molecule has 0 atom stereocenters. The molecule has 0 bridgehead atoms. The average molecular weight is 215 g/mol. The van der Waals surface area contributed by atoms with Crippen molar-refractivity contribution >= 4 is 11.8 Å². The van der Waals surface area contributed by atoms with Crippen LogP contribution >= 0.6 is 0 Å². The predicted octanol–water partition coefficient (Wildman–Crippen LogP) is -1.64.